The Morgan fingerprint density at radius 3 is 2.74 bits per heavy atom. The molecule has 1 aliphatic carbocycles. The van der Waals surface area contributed by atoms with Crippen molar-refractivity contribution in [2.24, 2.45) is 5.73 Å². The number of fused-ring (bicyclic) bond motifs is 1. The lowest BCUT2D eigenvalue weighted by Crippen LogP contribution is -2.31. The maximum Gasteiger partial charge on any atom is 0.317 e. The van der Waals surface area contributed by atoms with Crippen LogP contribution in [0, 0.1) is 6.92 Å². The smallest absolute Gasteiger partial charge is 0.317 e. The van der Waals surface area contributed by atoms with E-state index in [-0.39, 0.29) is 5.41 Å². The Kier molecular flexibility index (Phi) is 2.93. The van der Waals surface area contributed by atoms with Crippen LogP contribution in [0.1, 0.15) is 36.9 Å². The van der Waals surface area contributed by atoms with Crippen LogP contribution in [0.15, 0.2) is 6.20 Å². The van der Waals surface area contributed by atoms with Crippen molar-refractivity contribution in [1.29, 1.82) is 0 Å². The van der Waals surface area contributed by atoms with E-state index in [2.05, 4.69) is 21.1 Å². The molecule has 0 spiro atoms. The Morgan fingerprint density at radius 1 is 1.37 bits per heavy atom. The number of H-pyrrole nitrogens is 1. The summed E-state index contributed by atoms with van der Waals surface area (Å²) in [6, 6.07) is 0.427. The molecule has 5 heteroatoms. The second-order valence-corrected chi connectivity index (χ2v) is 5.41. The molecule has 0 saturated heterocycles. The number of nitrogens with two attached hydrogens (primary N) is 1. The third kappa shape index (κ3) is 1.80. The van der Waals surface area contributed by atoms with Crippen molar-refractivity contribution in [3.05, 3.63) is 17.5 Å². The predicted octanol–water partition coefficient (Wildman–Crippen LogP) is 2.05. The first kappa shape index (κ1) is 12.4. The van der Waals surface area contributed by atoms with Crippen molar-refractivity contribution < 1.29 is 4.74 Å². The number of nitrogens with zero attached hydrogens (tertiary/aromatic N) is 2. The molecular weight excluding hydrogens is 240 g/mol. The Bertz CT molecular complexity index is 599. The van der Waals surface area contributed by atoms with Crippen molar-refractivity contribution in [1.82, 2.24) is 15.0 Å². The fourth-order valence-electron chi connectivity index (χ4n) is 3.26. The molecule has 5 nitrogen and oxygen atoms in total. The van der Waals surface area contributed by atoms with Gasteiger partial charge in [0.05, 0.1) is 23.8 Å². The number of methoxy groups -OCH3 is 1. The third-order valence-corrected chi connectivity index (χ3v) is 4.39. The zero-order chi connectivity index (χ0) is 13.5. The molecule has 3 N–H and O–H groups in total. The lowest BCUT2D eigenvalue weighted by molar-refractivity contribution is 0.380. The summed E-state index contributed by atoms with van der Waals surface area (Å²) in [5, 5.41) is 0. The maximum atomic E-state index is 6.07. The Balaban J connectivity index is 2.21. The predicted molar refractivity (Wildman–Crippen MR) is 74.4 cm³/mol. The summed E-state index contributed by atoms with van der Waals surface area (Å²) in [4.78, 5) is 12.2. The number of hydrogen-bond donors (Lipinski definition) is 2. The first-order valence-electron chi connectivity index (χ1n) is 6.80. The molecule has 0 unspecified atom stereocenters. The molecule has 0 aromatic carbocycles. The van der Waals surface area contributed by atoms with Crippen molar-refractivity contribution in [3.8, 4) is 6.01 Å². The summed E-state index contributed by atoms with van der Waals surface area (Å²) in [6.45, 7) is 2.64. The minimum Gasteiger partial charge on any atom is -0.467 e. The summed E-state index contributed by atoms with van der Waals surface area (Å²) in [6.07, 6.45) is 6.82. The van der Waals surface area contributed by atoms with Gasteiger partial charge in [-0.15, -0.1) is 0 Å². The van der Waals surface area contributed by atoms with Crippen molar-refractivity contribution in [2.45, 2.75) is 38.0 Å². The van der Waals surface area contributed by atoms with Gasteiger partial charge in [0, 0.05) is 23.7 Å². The highest BCUT2D eigenvalue weighted by Crippen LogP contribution is 2.43. The van der Waals surface area contributed by atoms with Crippen LogP contribution in [-0.4, -0.2) is 28.6 Å². The molecule has 102 valence electrons. The van der Waals surface area contributed by atoms with Gasteiger partial charge in [0.1, 0.15) is 0 Å². The minimum atomic E-state index is 0.0735. The number of aromatic nitrogens is 3. The summed E-state index contributed by atoms with van der Waals surface area (Å²) in [7, 11) is 1.60. The lowest BCUT2D eigenvalue weighted by Gasteiger charge is -2.26. The van der Waals surface area contributed by atoms with Gasteiger partial charge in [0.15, 0.2) is 0 Å². The molecule has 1 aliphatic rings. The van der Waals surface area contributed by atoms with E-state index in [1.165, 1.54) is 18.4 Å². The number of hydrogen-bond acceptors (Lipinski definition) is 4. The molecule has 0 amide bonds. The number of nitrogens with one attached hydrogen (secondary N) is 1. The minimum absolute atomic E-state index is 0.0735. The van der Waals surface area contributed by atoms with Gasteiger partial charge in [0.25, 0.3) is 0 Å². The molecule has 0 radical (unpaired) electrons. The van der Waals surface area contributed by atoms with Gasteiger partial charge < -0.3 is 15.5 Å². The largest absolute Gasteiger partial charge is 0.467 e. The first-order chi connectivity index (χ1) is 9.20. The molecule has 1 saturated carbocycles. The normalized spacial score (nSPS) is 18.1. The van der Waals surface area contributed by atoms with Crippen LogP contribution in [-0.2, 0) is 5.41 Å². The average Bonchev–Trinajstić information content (AvgIpc) is 3.05. The zero-order valence-electron chi connectivity index (χ0n) is 11.5. The Labute approximate surface area is 112 Å². The second-order valence-electron chi connectivity index (χ2n) is 5.41. The molecule has 2 aromatic heterocycles. The molecule has 2 aromatic rings. The van der Waals surface area contributed by atoms with Crippen LogP contribution < -0.4 is 10.5 Å². The molecule has 0 atom stereocenters. The van der Waals surface area contributed by atoms with Crippen molar-refractivity contribution in [3.63, 3.8) is 0 Å². The van der Waals surface area contributed by atoms with Gasteiger partial charge in [-0.2, -0.15) is 9.97 Å². The highest BCUT2D eigenvalue weighted by atomic mass is 16.5. The Morgan fingerprint density at radius 2 is 2.11 bits per heavy atom. The van der Waals surface area contributed by atoms with Gasteiger partial charge in [-0.25, -0.2) is 0 Å². The van der Waals surface area contributed by atoms with E-state index in [0.717, 1.165) is 29.6 Å². The quantitative estimate of drug-likeness (QED) is 0.885. The van der Waals surface area contributed by atoms with Crippen LogP contribution in [0.5, 0.6) is 6.01 Å². The van der Waals surface area contributed by atoms with Gasteiger partial charge >= 0.3 is 6.01 Å². The van der Waals surface area contributed by atoms with E-state index >= 15 is 0 Å². The fourth-order valence-corrected chi connectivity index (χ4v) is 3.26. The summed E-state index contributed by atoms with van der Waals surface area (Å²) < 4.78 is 5.19. The van der Waals surface area contributed by atoms with Crippen LogP contribution in [0.2, 0.25) is 0 Å². The highest BCUT2D eigenvalue weighted by molar-refractivity contribution is 5.82. The monoisotopic (exact) mass is 260 g/mol. The molecule has 19 heavy (non-hydrogen) atoms. The molecule has 0 aliphatic heterocycles. The first-order valence-corrected chi connectivity index (χ1v) is 6.80. The molecule has 1 fully saturated rings. The second kappa shape index (κ2) is 4.49. The highest BCUT2D eigenvalue weighted by Gasteiger charge is 2.37. The van der Waals surface area contributed by atoms with Crippen LogP contribution in [0.3, 0.4) is 0 Å². The summed E-state index contributed by atoms with van der Waals surface area (Å²) >= 11 is 0. The maximum absolute atomic E-state index is 6.07. The SMILES string of the molecule is COc1nc(C)c2[nH]cc(C3(CN)CCCC3)c2n1. The number of aromatic amines is 1. The number of aryl methyl sites for hydroxylation is 1. The van der Waals surface area contributed by atoms with E-state index in [1.54, 1.807) is 7.11 Å². The molecule has 3 rings (SSSR count). The van der Waals surface area contributed by atoms with Crippen molar-refractivity contribution >= 4 is 11.0 Å². The zero-order valence-corrected chi connectivity index (χ0v) is 11.5. The van der Waals surface area contributed by atoms with E-state index in [9.17, 15) is 0 Å². The number of ether oxygens (including phenoxy) is 1. The van der Waals surface area contributed by atoms with Crippen LogP contribution >= 0.6 is 0 Å². The van der Waals surface area contributed by atoms with E-state index in [0.29, 0.717) is 12.6 Å². The van der Waals surface area contributed by atoms with Gasteiger partial charge in [0.2, 0.25) is 0 Å². The van der Waals surface area contributed by atoms with Crippen LogP contribution in [0.4, 0.5) is 0 Å². The van der Waals surface area contributed by atoms with E-state index in [1.807, 2.05) is 6.92 Å². The summed E-state index contributed by atoms with van der Waals surface area (Å²) in [5.41, 5.74) is 10.3. The van der Waals surface area contributed by atoms with Gasteiger partial charge in [-0.1, -0.05) is 12.8 Å². The van der Waals surface area contributed by atoms with Gasteiger partial charge in [-0.05, 0) is 19.8 Å². The number of rotatable bonds is 3. The third-order valence-electron chi connectivity index (χ3n) is 4.39. The van der Waals surface area contributed by atoms with Crippen LogP contribution in [0.25, 0.3) is 11.0 Å². The van der Waals surface area contributed by atoms with Crippen molar-refractivity contribution in [2.75, 3.05) is 13.7 Å². The van der Waals surface area contributed by atoms with E-state index < -0.39 is 0 Å². The lowest BCUT2D eigenvalue weighted by atomic mass is 9.80. The van der Waals surface area contributed by atoms with E-state index in [4.69, 9.17) is 10.5 Å². The standard InChI is InChI=1S/C14H20N4O/c1-9-11-12(18-13(17-9)19-2)10(7-16-11)14(8-15)5-3-4-6-14/h7,16H,3-6,8,15H2,1-2H3. The topological polar surface area (TPSA) is 76.8 Å². The molecule has 2 heterocycles. The Hall–Kier alpha value is -1.62. The van der Waals surface area contributed by atoms with Gasteiger partial charge in [-0.3, -0.25) is 0 Å². The summed E-state index contributed by atoms with van der Waals surface area (Å²) in [5.74, 6) is 0. The molecular formula is C14H20N4O. The molecule has 0 bridgehead atoms. The average molecular weight is 260 g/mol. The fraction of sp³-hybridized carbons (Fsp3) is 0.571.